The Labute approximate surface area is 183 Å². The van der Waals surface area contributed by atoms with Crippen molar-refractivity contribution in [1.29, 1.82) is 0 Å². The van der Waals surface area contributed by atoms with Crippen molar-refractivity contribution >= 4 is 46.3 Å². The van der Waals surface area contributed by atoms with Gasteiger partial charge in [0.2, 0.25) is 5.91 Å². The van der Waals surface area contributed by atoms with E-state index >= 15 is 0 Å². The predicted octanol–water partition coefficient (Wildman–Crippen LogP) is 5.08. The number of hydrogen-bond donors (Lipinski definition) is 1. The molecule has 0 spiro atoms. The molecule has 0 bridgehead atoms. The van der Waals surface area contributed by atoms with Crippen molar-refractivity contribution < 1.29 is 14.0 Å². The Kier molecular flexibility index (Phi) is 6.06. The number of benzene rings is 1. The van der Waals surface area contributed by atoms with Crippen LogP contribution in [0, 0.1) is 6.92 Å². The smallest absolute Gasteiger partial charge is 0.253 e. The van der Waals surface area contributed by atoms with Crippen LogP contribution in [0.1, 0.15) is 35.8 Å². The van der Waals surface area contributed by atoms with E-state index in [1.807, 2.05) is 60.8 Å². The highest BCUT2D eigenvalue weighted by Crippen LogP contribution is 2.36. The third kappa shape index (κ3) is 4.66. The van der Waals surface area contributed by atoms with E-state index in [1.165, 1.54) is 18.7 Å². The number of thiophene rings is 1. The number of hydrazone groups is 1. The summed E-state index contributed by atoms with van der Waals surface area (Å²) in [4.78, 5) is 26.2. The largest absolute Gasteiger partial charge is 0.460 e. The maximum Gasteiger partial charge on any atom is 0.253 e. The Balaban J connectivity index is 1.47. The topological polar surface area (TPSA) is 74.9 Å². The Morgan fingerprint density at radius 2 is 2.03 bits per heavy atom. The first-order chi connectivity index (χ1) is 14.5. The van der Waals surface area contributed by atoms with Crippen LogP contribution >= 0.6 is 23.1 Å². The Morgan fingerprint density at radius 3 is 2.67 bits per heavy atom. The van der Waals surface area contributed by atoms with E-state index < -0.39 is 0 Å². The number of carbonyl (C=O) groups excluding carboxylic acids is 2. The molecule has 2 aromatic heterocycles. The Morgan fingerprint density at radius 1 is 1.23 bits per heavy atom. The Hall–Kier alpha value is -2.84. The van der Waals surface area contributed by atoms with E-state index in [-0.39, 0.29) is 23.6 Å². The quantitative estimate of drug-likeness (QED) is 0.544. The van der Waals surface area contributed by atoms with Gasteiger partial charge in [-0.05, 0) is 54.8 Å². The molecule has 1 aliphatic heterocycles. The van der Waals surface area contributed by atoms with Crippen molar-refractivity contribution in [3.05, 3.63) is 70.3 Å². The van der Waals surface area contributed by atoms with Gasteiger partial charge >= 0.3 is 0 Å². The highest BCUT2D eigenvalue weighted by Gasteiger charge is 2.34. The second-order valence-corrected chi connectivity index (χ2v) is 8.95. The average Bonchev–Trinajstić information content (AvgIpc) is 3.46. The summed E-state index contributed by atoms with van der Waals surface area (Å²) in [5.41, 5.74) is 1.53. The fraction of sp³-hybridized carbons (Fsp3) is 0.227. The lowest BCUT2D eigenvalue weighted by Gasteiger charge is -2.20. The highest BCUT2D eigenvalue weighted by molar-refractivity contribution is 8.00. The maximum atomic E-state index is 13.0. The molecule has 1 atom stereocenters. The minimum Gasteiger partial charge on any atom is -0.460 e. The molecule has 1 aromatic carbocycles. The molecule has 1 N–H and O–H groups in total. The minimum absolute atomic E-state index is 0.0531. The van der Waals surface area contributed by atoms with Crippen molar-refractivity contribution in [3.63, 3.8) is 0 Å². The van der Waals surface area contributed by atoms with Gasteiger partial charge in [0.05, 0.1) is 11.8 Å². The molecular weight excluding hydrogens is 418 g/mol. The van der Waals surface area contributed by atoms with Crippen LogP contribution in [0.25, 0.3) is 0 Å². The third-order valence-corrected chi connectivity index (χ3v) is 6.57. The summed E-state index contributed by atoms with van der Waals surface area (Å²) in [6.45, 7) is 3.37. The normalized spacial score (nSPS) is 15.9. The van der Waals surface area contributed by atoms with Crippen LogP contribution in [-0.2, 0) is 9.59 Å². The van der Waals surface area contributed by atoms with E-state index in [0.717, 1.165) is 26.9 Å². The van der Waals surface area contributed by atoms with E-state index in [9.17, 15) is 9.59 Å². The van der Waals surface area contributed by atoms with Gasteiger partial charge in [-0.1, -0.05) is 6.07 Å². The first kappa shape index (κ1) is 20.4. The molecule has 1 aliphatic rings. The zero-order chi connectivity index (χ0) is 21.1. The van der Waals surface area contributed by atoms with E-state index in [2.05, 4.69) is 10.4 Å². The van der Waals surface area contributed by atoms with Crippen molar-refractivity contribution in [1.82, 2.24) is 5.01 Å². The van der Waals surface area contributed by atoms with E-state index in [4.69, 9.17) is 4.42 Å². The maximum absolute atomic E-state index is 13.0. The highest BCUT2D eigenvalue weighted by atomic mass is 32.2. The van der Waals surface area contributed by atoms with Crippen LogP contribution in [0.15, 0.2) is 68.3 Å². The number of carbonyl (C=O) groups is 2. The van der Waals surface area contributed by atoms with Gasteiger partial charge in [0, 0.05) is 28.8 Å². The molecule has 30 heavy (non-hydrogen) atoms. The van der Waals surface area contributed by atoms with Gasteiger partial charge in [-0.2, -0.15) is 5.10 Å². The number of anilines is 1. The molecule has 0 saturated heterocycles. The lowest BCUT2D eigenvalue weighted by Crippen LogP contribution is -2.28. The molecule has 6 nitrogen and oxygen atoms in total. The molecule has 8 heteroatoms. The first-order valence-electron chi connectivity index (χ1n) is 9.50. The summed E-state index contributed by atoms with van der Waals surface area (Å²) in [6.07, 6.45) is 0.634. The summed E-state index contributed by atoms with van der Waals surface area (Å²) in [6, 6.07) is 15.2. The van der Waals surface area contributed by atoms with Gasteiger partial charge in [0.1, 0.15) is 17.2 Å². The molecule has 2 amide bonds. The van der Waals surface area contributed by atoms with E-state index in [0.29, 0.717) is 12.2 Å². The molecule has 0 unspecified atom stereocenters. The summed E-state index contributed by atoms with van der Waals surface area (Å²) in [5.74, 6) is 1.64. The number of amides is 2. The van der Waals surface area contributed by atoms with Gasteiger partial charge in [0.25, 0.3) is 5.91 Å². The molecule has 3 aromatic rings. The second kappa shape index (κ2) is 8.89. The third-order valence-electron chi connectivity index (χ3n) is 4.60. The summed E-state index contributed by atoms with van der Waals surface area (Å²) in [5, 5.41) is 11.0. The summed E-state index contributed by atoms with van der Waals surface area (Å²) < 4.78 is 5.73. The summed E-state index contributed by atoms with van der Waals surface area (Å²) in [7, 11) is 0. The SMILES string of the molecule is CC(=O)Nc1ccc(SCC(=O)N2N=C(c3ccc(C)o3)C[C@H]2c2cccs2)cc1. The molecule has 3 heterocycles. The fourth-order valence-corrected chi connectivity index (χ4v) is 4.79. The second-order valence-electron chi connectivity index (χ2n) is 6.92. The van der Waals surface area contributed by atoms with Crippen LogP contribution in [0.4, 0.5) is 5.69 Å². The zero-order valence-corrected chi connectivity index (χ0v) is 18.3. The van der Waals surface area contributed by atoms with Gasteiger partial charge in [-0.25, -0.2) is 5.01 Å². The van der Waals surface area contributed by atoms with Gasteiger partial charge < -0.3 is 9.73 Å². The van der Waals surface area contributed by atoms with Crippen LogP contribution in [0.5, 0.6) is 0 Å². The summed E-state index contributed by atoms with van der Waals surface area (Å²) >= 11 is 3.08. The first-order valence-corrected chi connectivity index (χ1v) is 11.4. The van der Waals surface area contributed by atoms with Crippen molar-refractivity contribution in [2.75, 3.05) is 11.1 Å². The minimum atomic E-state index is -0.111. The molecular formula is C22H21N3O3S2. The molecule has 0 saturated carbocycles. The zero-order valence-electron chi connectivity index (χ0n) is 16.6. The van der Waals surface area contributed by atoms with Crippen LogP contribution in [0.2, 0.25) is 0 Å². The standard InChI is InChI=1S/C22H21N3O3S2/c1-14-5-10-20(28-14)18-12-19(21-4-3-11-29-21)25(24-18)22(27)13-30-17-8-6-16(7-9-17)23-15(2)26/h3-11,19H,12-13H2,1-2H3,(H,23,26)/t19-/m0/s1. The molecule has 0 aliphatic carbocycles. The molecule has 4 rings (SSSR count). The molecule has 0 radical (unpaired) electrons. The number of thioether (sulfide) groups is 1. The van der Waals surface area contributed by atoms with E-state index in [1.54, 1.807) is 16.3 Å². The average molecular weight is 440 g/mol. The fourth-order valence-electron chi connectivity index (χ4n) is 3.23. The number of nitrogens with one attached hydrogen (secondary N) is 1. The number of furan rings is 1. The monoisotopic (exact) mass is 439 g/mol. The number of nitrogens with zero attached hydrogens (tertiary/aromatic N) is 2. The van der Waals surface area contributed by atoms with Crippen molar-refractivity contribution in [2.24, 2.45) is 5.10 Å². The van der Waals surface area contributed by atoms with Gasteiger partial charge in [-0.15, -0.1) is 23.1 Å². The lowest BCUT2D eigenvalue weighted by atomic mass is 10.1. The molecule has 0 fully saturated rings. The number of rotatable bonds is 6. The van der Waals surface area contributed by atoms with Crippen molar-refractivity contribution in [3.8, 4) is 0 Å². The number of aryl methyl sites for hydroxylation is 1. The van der Waals surface area contributed by atoms with Crippen LogP contribution in [-0.4, -0.2) is 28.3 Å². The predicted molar refractivity (Wildman–Crippen MR) is 120 cm³/mol. The lowest BCUT2D eigenvalue weighted by molar-refractivity contribution is -0.130. The van der Waals surface area contributed by atoms with Gasteiger partial charge in [0.15, 0.2) is 0 Å². The van der Waals surface area contributed by atoms with Gasteiger partial charge in [-0.3, -0.25) is 9.59 Å². The van der Waals surface area contributed by atoms with Crippen LogP contribution < -0.4 is 5.32 Å². The Bertz CT molecular complexity index is 1070. The van der Waals surface area contributed by atoms with Crippen molar-refractivity contribution in [2.45, 2.75) is 31.2 Å². The van der Waals surface area contributed by atoms with Crippen LogP contribution in [0.3, 0.4) is 0 Å². The molecule has 154 valence electrons. The number of hydrogen-bond acceptors (Lipinski definition) is 6.